The van der Waals surface area contributed by atoms with E-state index in [2.05, 4.69) is 0 Å². The van der Waals surface area contributed by atoms with Crippen molar-refractivity contribution in [3.8, 4) is 5.75 Å². The van der Waals surface area contributed by atoms with Crippen LogP contribution in [0.5, 0.6) is 5.75 Å². The molecule has 0 saturated carbocycles. The van der Waals surface area contributed by atoms with E-state index < -0.39 is 12.6 Å². The summed E-state index contributed by atoms with van der Waals surface area (Å²) in [6, 6.07) is 6.20. The van der Waals surface area contributed by atoms with Crippen LogP contribution in [0.3, 0.4) is 0 Å². The minimum absolute atomic E-state index is 0.0209. The second kappa shape index (κ2) is 4.59. The number of phenolic OH excluding ortho intramolecular Hbond substituents is 1. The third-order valence-corrected chi connectivity index (χ3v) is 2.47. The average molecular weight is 222 g/mol. The van der Waals surface area contributed by atoms with Crippen LogP contribution in [0, 0.1) is 0 Å². The Morgan fingerprint density at radius 2 is 2.00 bits per heavy atom. The van der Waals surface area contributed by atoms with Gasteiger partial charge in [0.1, 0.15) is 5.75 Å². The van der Waals surface area contributed by atoms with Gasteiger partial charge < -0.3 is 5.11 Å². The highest BCUT2D eigenvalue weighted by Crippen LogP contribution is 2.27. The van der Waals surface area contributed by atoms with Gasteiger partial charge in [-0.2, -0.15) is 13.2 Å². The zero-order valence-electron chi connectivity index (χ0n) is 7.21. The Labute approximate surface area is 83.9 Å². The normalized spacial score (nSPS) is 11.6. The first-order valence-corrected chi connectivity index (χ1v) is 4.94. The summed E-state index contributed by atoms with van der Waals surface area (Å²) in [5.74, 6) is 0.0504. The lowest BCUT2D eigenvalue weighted by Crippen LogP contribution is -2.07. The number of hydrogen-bond acceptors (Lipinski definition) is 2. The van der Waals surface area contributed by atoms with Gasteiger partial charge >= 0.3 is 6.18 Å². The van der Waals surface area contributed by atoms with Crippen LogP contribution in [0.2, 0.25) is 0 Å². The molecule has 0 aliphatic rings. The summed E-state index contributed by atoms with van der Waals surface area (Å²) in [5.41, 5.74) is 0. The Morgan fingerprint density at radius 3 is 2.57 bits per heavy atom. The molecular weight excluding hydrogens is 213 g/mol. The van der Waals surface area contributed by atoms with E-state index in [1.165, 1.54) is 12.1 Å². The first kappa shape index (κ1) is 11.2. The van der Waals surface area contributed by atoms with Crippen molar-refractivity contribution in [3.05, 3.63) is 24.3 Å². The fraction of sp³-hybridized carbons (Fsp3) is 0.333. The Bertz CT molecular complexity index is 298. The molecule has 1 nitrogen and oxygen atoms in total. The van der Waals surface area contributed by atoms with Crippen LogP contribution < -0.4 is 0 Å². The molecule has 0 aliphatic carbocycles. The predicted octanol–water partition coefficient (Wildman–Crippen LogP) is 3.44. The number of phenols is 1. The number of alkyl halides is 3. The summed E-state index contributed by atoms with van der Waals surface area (Å²) in [4.78, 5) is 0.647. The molecule has 0 spiro atoms. The Morgan fingerprint density at radius 1 is 1.29 bits per heavy atom. The predicted molar refractivity (Wildman–Crippen MR) is 49.5 cm³/mol. The molecule has 1 aromatic rings. The average Bonchev–Trinajstić information content (AvgIpc) is 2.01. The van der Waals surface area contributed by atoms with Crippen LogP contribution in [0.15, 0.2) is 29.2 Å². The standard InChI is InChI=1S/C9H9F3OS/c10-9(11,12)4-5-14-8-3-1-2-7(13)6-8/h1-3,6,13H,4-5H2. The van der Waals surface area contributed by atoms with Gasteiger partial charge in [0.15, 0.2) is 0 Å². The molecule has 1 aromatic carbocycles. The summed E-state index contributed by atoms with van der Waals surface area (Å²) in [7, 11) is 0. The van der Waals surface area contributed by atoms with Crippen molar-refractivity contribution >= 4 is 11.8 Å². The number of hydrogen-bond donors (Lipinski definition) is 1. The van der Waals surface area contributed by atoms with Crippen molar-refractivity contribution in [1.82, 2.24) is 0 Å². The number of halogens is 3. The van der Waals surface area contributed by atoms with Gasteiger partial charge in [0.05, 0.1) is 6.42 Å². The molecule has 0 radical (unpaired) electrons. The van der Waals surface area contributed by atoms with Crippen LogP contribution in [0.4, 0.5) is 13.2 Å². The Balaban J connectivity index is 2.39. The van der Waals surface area contributed by atoms with Gasteiger partial charge in [0.2, 0.25) is 0 Å². The van der Waals surface area contributed by atoms with E-state index in [9.17, 15) is 13.2 Å². The van der Waals surface area contributed by atoms with Gasteiger partial charge in [-0.25, -0.2) is 0 Å². The lowest BCUT2D eigenvalue weighted by molar-refractivity contribution is -0.129. The molecule has 0 saturated heterocycles. The number of thioether (sulfide) groups is 1. The van der Waals surface area contributed by atoms with Gasteiger partial charge in [0.25, 0.3) is 0 Å². The molecular formula is C9H9F3OS. The maximum Gasteiger partial charge on any atom is 0.389 e. The highest BCUT2D eigenvalue weighted by molar-refractivity contribution is 7.99. The summed E-state index contributed by atoms with van der Waals surface area (Å²) in [6.07, 6.45) is -4.92. The molecule has 0 bridgehead atoms. The fourth-order valence-electron chi connectivity index (χ4n) is 0.858. The van der Waals surface area contributed by atoms with Crippen molar-refractivity contribution in [2.75, 3.05) is 5.75 Å². The topological polar surface area (TPSA) is 20.2 Å². The molecule has 5 heteroatoms. The van der Waals surface area contributed by atoms with Gasteiger partial charge in [-0.05, 0) is 18.2 Å². The first-order valence-electron chi connectivity index (χ1n) is 3.96. The van der Waals surface area contributed by atoms with Gasteiger partial charge in [0, 0.05) is 10.6 Å². The number of aromatic hydroxyl groups is 1. The molecule has 0 heterocycles. The number of benzene rings is 1. The number of rotatable bonds is 3. The zero-order chi connectivity index (χ0) is 10.6. The second-order valence-corrected chi connectivity index (χ2v) is 3.88. The van der Waals surface area contributed by atoms with E-state index in [0.29, 0.717) is 4.90 Å². The highest BCUT2D eigenvalue weighted by Gasteiger charge is 2.26. The van der Waals surface area contributed by atoms with Crippen molar-refractivity contribution in [3.63, 3.8) is 0 Å². The van der Waals surface area contributed by atoms with Gasteiger partial charge in [-0.1, -0.05) is 6.07 Å². The summed E-state index contributed by atoms with van der Waals surface area (Å²) in [5, 5.41) is 9.04. The smallest absolute Gasteiger partial charge is 0.389 e. The molecule has 0 fully saturated rings. The Hall–Kier alpha value is -0.840. The van der Waals surface area contributed by atoms with E-state index in [1.807, 2.05) is 0 Å². The third kappa shape index (κ3) is 4.41. The fourth-order valence-corrected chi connectivity index (χ4v) is 1.81. The maximum atomic E-state index is 11.8. The van der Waals surface area contributed by atoms with Crippen LogP contribution >= 0.6 is 11.8 Å². The van der Waals surface area contributed by atoms with E-state index in [-0.39, 0.29) is 11.5 Å². The van der Waals surface area contributed by atoms with E-state index in [1.54, 1.807) is 12.1 Å². The van der Waals surface area contributed by atoms with Gasteiger partial charge in [-0.15, -0.1) is 11.8 Å². The van der Waals surface area contributed by atoms with Crippen LogP contribution in [0.1, 0.15) is 6.42 Å². The Kier molecular flexibility index (Phi) is 3.69. The highest BCUT2D eigenvalue weighted by atomic mass is 32.2. The first-order chi connectivity index (χ1) is 6.47. The van der Waals surface area contributed by atoms with Crippen LogP contribution in [-0.2, 0) is 0 Å². The van der Waals surface area contributed by atoms with Crippen molar-refractivity contribution in [1.29, 1.82) is 0 Å². The largest absolute Gasteiger partial charge is 0.508 e. The van der Waals surface area contributed by atoms with E-state index in [0.717, 1.165) is 11.8 Å². The molecule has 0 aromatic heterocycles. The third-order valence-electron chi connectivity index (χ3n) is 1.47. The van der Waals surface area contributed by atoms with Crippen molar-refractivity contribution < 1.29 is 18.3 Å². The summed E-state index contributed by atoms with van der Waals surface area (Å²) < 4.78 is 35.3. The monoisotopic (exact) mass is 222 g/mol. The van der Waals surface area contributed by atoms with E-state index >= 15 is 0 Å². The molecule has 14 heavy (non-hydrogen) atoms. The molecule has 1 rings (SSSR count). The van der Waals surface area contributed by atoms with Crippen LogP contribution in [0.25, 0.3) is 0 Å². The quantitative estimate of drug-likeness (QED) is 0.790. The summed E-state index contributed by atoms with van der Waals surface area (Å²) >= 11 is 1.08. The molecule has 0 amide bonds. The molecule has 1 N–H and O–H groups in total. The summed E-state index contributed by atoms with van der Waals surface area (Å²) in [6.45, 7) is 0. The lowest BCUT2D eigenvalue weighted by atomic mass is 10.3. The molecule has 0 aliphatic heterocycles. The SMILES string of the molecule is Oc1cccc(SCCC(F)(F)F)c1. The minimum Gasteiger partial charge on any atom is -0.508 e. The van der Waals surface area contributed by atoms with Crippen LogP contribution in [-0.4, -0.2) is 17.0 Å². The molecule has 0 atom stereocenters. The molecule has 78 valence electrons. The van der Waals surface area contributed by atoms with Crippen molar-refractivity contribution in [2.45, 2.75) is 17.5 Å². The van der Waals surface area contributed by atoms with Crippen molar-refractivity contribution in [2.24, 2.45) is 0 Å². The second-order valence-electron chi connectivity index (χ2n) is 2.71. The maximum absolute atomic E-state index is 11.8. The molecule has 0 unspecified atom stereocenters. The zero-order valence-corrected chi connectivity index (χ0v) is 8.03. The van der Waals surface area contributed by atoms with E-state index in [4.69, 9.17) is 5.11 Å². The minimum atomic E-state index is -4.11. The lowest BCUT2D eigenvalue weighted by Gasteiger charge is -2.05. The van der Waals surface area contributed by atoms with Gasteiger partial charge in [-0.3, -0.25) is 0 Å².